The maximum absolute atomic E-state index is 10.2. The van der Waals surface area contributed by atoms with Crippen LogP contribution in [0.2, 0.25) is 0 Å². The van der Waals surface area contributed by atoms with Crippen LogP contribution < -0.4 is 9.64 Å². The van der Waals surface area contributed by atoms with Gasteiger partial charge in [0.1, 0.15) is 18.5 Å². The Labute approximate surface area is 136 Å². The number of nitriles is 1. The van der Waals surface area contributed by atoms with Gasteiger partial charge in [0.25, 0.3) is 0 Å². The SMILES string of the molecule is N#Cc1ccc(C(O)COc2ccc(N3CCCC3)cc2)cc1. The number of nitrogens with zero attached hydrogens (tertiary/aromatic N) is 2. The first-order chi connectivity index (χ1) is 11.3. The Morgan fingerprint density at radius 1 is 1.04 bits per heavy atom. The van der Waals surface area contributed by atoms with Gasteiger partial charge in [-0.15, -0.1) is 0 Å². The lowest BCUT2D eigenvalue weighted by atomic mass is 10.1. The molecule has 1 atom stereocenters. The number of hydrogen-bond donors (Lipinski definition) is 1. The summed E-state index contributed by atoms with van der Waals surface area (Å²) in [5.74, 6) is 0.751. The van der Waals surface area contributed by atoms with Crippen LogP contribution >= 0.6 is 0 Å². The van der Waals surface area contributed by atoms with E-state index in [-0.39, 0.29) is 6.61 Å². The monoisotopic (exact) mass is 308 g/mol. The molecule has 1 saturated heterocycles. The molecule has 0 aliphatic carbocycles. The lowest BCUT2D eigenvalue weighted by Crippen LogP contribution is -2.17. The molecule has 0 saturated carbocycles. The number of aliphatic hydroxyl groups excluding tert-OH is 1. The van der Waals surface area contributed by atoms with Gasteiger partial charge in [0.15, 0.2) is 0 Å². The minimum Gasteiger partial charge on any atom is -0.491 e. The van der Waals surface area contributed by atoms with Gasteiger partial charge in [-0.25, -0.2) is 0 Å². The molecule has 4 heteroatoms. The van der Waals surface area contributed by atoms with Crippen LogP contribution in [0.15, 0.2) is 48.5 Å². The smallest absolute Gasteiger partial charge is 0.119 e. The molecule has 1 fully saturated rings. The molecule has 23 heavy (non-hydrogen) atoms. The van der Waals surface area contributed by atoms with E-state index in [0.717, 1.165) is 24.4 Å². The van der Waals surface area contributed by atoms with Crippen LogP contribution in [0, 0.1) is 11.3 Å². The van der Waals surface area contributed by atoms with Crippen molar-refractivity contribution in [3.8, 4) is 11.8 Å². The van der Waals surface area contributed by atoms with E-state index in [1.54, 1.807) is 24.3 Å². The molecular weight excluding hydrogens is 288 g/mol. The van der Waals surface area contributed by atoms with Gasteiger partial charge in [-0.2, -0.15) is 5.26 Å². The predicted octanol–water partition coefficient (Wildman–Crippen LogP) is 3.27. The molecule has 0 aromatic heterocycles. The molecular formula is C19H20N2O2. The number of hydrogen-bond acceptors (Lipinski definition) is 4. The number of benzene rings is 2. The maximum Gasteiger partial charge on any atom is 0.119 e. The van der Waals surface area contributed by atoms with Crippen molar-refractivity contribution < 1.29 is 9.84 Å². The predicted molar refractivity (Wildman–Crippen MR) is 89.5 cm³/mol. The summed E-state index contributed by atoms with van der Waals surface area (Å²) in [6.07, 6.45) is 1.81. The minimum atomic E-state index is -0.707. The van der Waals surface area contributed by atoms with Crippen molar-refractivity contribution >= 4 is 5.69 Å². The third-order valence-corrected chi connectivity index (χ3v) is 4.14. The molecule has 1 aliphatic heterocycles. The van der Waals surface area contributed by atoms with E-state index < -0.39 is 6.10 Å². The van der Waals surface area contributed by atoms with Crippen LogP contribution in [0.1, 0.15) is 30.1 Å². The largest absolute Gasteiger partial charge is 0.491 e. The maximum atomic E-state index is 10.2. The number of rotatable bonds is 5. The Morgan fingerprint density at radius 3 is 2.30 bits per heavy atom. The summed E-state index contributed by atoms with van der Waals surface area (Å²) in [6.45, 7) is 2.43. The quantitative estimate of drug-likeness (QED) is 0.921. The standard InChI is InChI=1S/C19H20N2O2/c20-13-15-3-5-16(6-4-15)19(22)14-23-18-9-7-17(8-10-18)21-11-1-2-12-21/h3-10,19,22H,1-2,11-12,14H2. The third-order valence-electron chi connectivity index (χ3n) is 4.14. The highest BCUT2D eigenvalue weighted by Gasteiger charge is 2.12. The molecule has 4 nitrogen and oxygen atoms in total. The van der Waals surface area contributed by atoms with Crippen molar-refractivity contribution in [2.24, 2.45) is 0 Å². The summed E-state index contributed by atoms with van der Waals surface area (Å²) >= 11 is 0. The number of ether oxygens (including phenoxy) is 1. The molecule has 0 bridgehead atoms. The fourth-order valence-electron chi connectivity index (χ4n) is 2.78. The Morgan fingerprint density at radius 2 is 1.70 bits per heavy atom. The fourth-order valence-corrected chi connectivity index (χ4v) is 2.78. The average Bonchev–Trinajstić information content (AvgIpc) is 3.15. The Bertz CT molecular complexity index is 668. The molecule has 3 rings (SSSR count). The van der Waals surface area contributed by atoms with Gasteiger partial charge < -0.3 is 14.7 Å². The van der Waals surface area contributed by atoms with Crippen LogP contribution in [0.4, 0.5) is 5.69 Å². The van der Waals surface area contributed by atoms with Crippen LogP contribution in [0.3, 0.4) is 0 Å². The van der Waals surface area contributed by atoms with Crippen LogP contribution in [-0.4, -0.2) is 24.8 Å². The Kier molecular flexibility index (Phi) is 4.80. The molecule has 1 unspecified atom stereocenters. The first-order valence-corrected chi connectivity index (χ1v) is 7.92. The molecule has 0 spiro atoms. The highest BCUT2D eigenvalue weighted by molar-refractivity contribution is 5.49. The second-order valence-corrected chi connectivity index (χ2v) is 5.75. The van der Waals surface area contributed by atoms with E-state index in [1.807, 2.05) is 12.1 Å². The Balaban J connectivity index is 1.55. The van der Waals surface area contributed by atoms with E-state index in [2.05, 4.69) is 23.1 Å². The second-order valence-electron chi connectivity index (χ2n) is 5.75. The number of aliphatic hydroxyl groups is 1. The molecule has 1 heterocycles. The summed E-state index contributed by atoms with van der Waals surface area (Å²) in [6, 6.07) is 17.0. The zero-order chi connectivity index (χ0) is 16.1. The van der Waals surface area contributed by atoms with Gasteiger partial charge in [0.2, 0.25) is 0 Å². The van der Waals surface area contributed by atoms with E-state index in [0.29, 0.717) is 5.56 Å². The highest BCUT2D eigenvalue weighted by Crippen LogP contribution is 2.24. The molecule has 2 aromatic carbocycles. The van der Waals surface area contributed by atoms with Crippen LogP contribution in [0.25, 0.3) is 0 Å². The Hall–Kier alpha value is -2.51. The summed E-state index contributed by atoms with van der Waals surface area (Å²) in [4.78, 5) is 2.37. The molecule has 1 aliphatic rings. The van der Waals surface area contributed by atoms with Gasteiger partial charge >= 0.3 is 0 Å². The van der Waals surface area contributed by atoms with Gasteiger partial charge in [-0.3, -0.25) is 0 Å². The van der Waals surface area contributed by atoms with E-state index in [9.17, 15) is 5.11 Å². The number of anilines is 1. The lowest BCUT2D eigenvalue weighted by Gasteiger charge is -2.18. The van der Waals surface area contributed by atoms with E-state index in [1.165, 1.54) is 18.5 Å². The van der Waals surface area contributed by atoms with Crippen LogP contribution in [-0.2, 0) is 0 Å². The summed E-state index contributed by atoms with van der Waals surface area (Å²) < 4.78 is 5.66. The summed E-state index contributed by atoms with van der Waals surface area (Å²) in [5, 5.41) is 18.9. The van der Waals surface area contributed by atoms with Gasteiger partial charge in [0.05, 0.1) is 11.6 Å². The summed E-state index contributed by atoms with van der Waals surface area (Å²) in [5.41, 5.74) is 2.56. The second kappa shape index (κ2) is 7.17. The molecule has 0 radical (unpaired) electrons. The minimum absolute atomic E-state index is 0.189. The first kappa shape index (κ1) is 15.4. The van der Waals surface area contributed by atoms with E-state index in [4.69, 9.17) is 10.00 Å². The normalized spacial score (nSPS) is 15.2. The zero-order valence-electron chi connectivity index (χ0n) is 13.0. The molecule has 0 amide bonds. The van der Waals surface area contributed by atoms with Crippen molar-refractivity contribution in [3.63, 3.8) is 0 Å². The lowest BCUT2D eigenvalue weighted by molar-refractivity contribution is 0.108. The van der Waals surface area contributed by atoms with E-state index >= 15 is 0 Å². The first-order valence-electron chi connectivity index (χ1n) is 7.92. The fraction of sp³-hybridized carbons (Fsp3) is 0.316. The van der Waals surface area contributed by atoms with Crippen molar-refractivity contribution in [1.29, 1.82) is 5.26 Å². The van der Waals surface area contributed by atoms with Gasteiger partial charge in [0, 0.05) is 18.8 Å². The third kappa shape index (κ3) is 3.82. The van der Waals surface area contributed by atoms with Gasteiger partial charge in [-0.05, 0) is 54.8 Å². The molecule has 1 N–H and O–H groups in total. The molecule has 2 aromatic rings. The van der Waals surface area contributed by atoms with Crippen molar-refractivity contribution in [2.45, 2.75) is 18.9 Å². The summed E-state index contributed by atoms with van der Waals surface area (Å²) in [7, 11) is 0. The van der Waals surface area contributed by atoms with Crippen molar-refractivity contribution in [1.82, 2.24) is 0 Å². The zero-order valence-corrected chi connectivity index (χ0v) is 13.0. The van der Waals surface area contributed by atoms with Gasteiger partial charge in [-0.1, -0.05) is 12.1 Å². The van der Waals surface area contributed by atoms with Crippen molar-refractivity contribution in [3.05, 3.63) is 59.7 Å². The highest BCUT2D eigenvalue weighted by atomic mass is 16.5. The topological polar surface area (TPSA) is 56.5 Å². The average molecular weight is 308 g/mol. The van der Waals surface area contributed by atoms with Crippen molar-refractivity contribution in [2.75, 3.05) is 24.6 Å². The van der Waals surface area contributed by atoms with Crippen LogP contribution in [0.5, 0.6) is 5.75 Å². The molecule has 118 valence electrons.